The van der Waals surface area contributed by atoms with Gasteiger partial charge in [0.05, 0.1) is 5.54 Å². The lowest BCUT2D eigenvalue weighted by Gasteiger charge is -2.29. The fourth-order valence-electron chi connectivity index (χ4n) is 4.04. The standard InChI is InChI=1S/C23H30N2O2/c1-23(15-14-18-6-4-5-7-21(18)23)24-22(27)13-10-19(25(2)3)16-17-8-11-20(26)12-9-17/h4-9,11-12,19,26H,10,13-16H2,1-3H3,(H,24,27)/t19-,23?/m1/s1. The summed E-state index contributed by atoms with van der Waals surface area (Å²) < 4.78 is 0. The Morgan fingerprint density at radius 2 is 1.89 bits per heavy atom. The third-order valence-corrected chi connectivity index (χ3v) is 5.76. The number of nitrogens with one attached hydrogen (secondary N) is 1. The Hall–Kier alpha value is -2.33. The molecule has 2 atom stereocenters. The molecule has 144 valence electrons. The van der Waals surface area contributed by atoms with Gasteiger partial charge < -0.3 is 15.3 Å². The molecule has 0 heterocycles. The zero-order valence-corrected chi connectivity index (χ0v) is 16.5. The van der Waals surface area contributed by atoms with Crippen molar-refractivity contribution in [2.24, 2.45) is 0 Å². The molecule has 4 nitrogen and oxygen atoms in total. The molecule has 1 aliphatic rings. The first-order chi connectivity index (χ1) is 12.9. The van der Waals surface area contributed by atoms with Gasteiger partial charge in [-0.25, -0.2) is 0 Å². The molecule has 0 bridgehead atoms. The molecule has 0 saturated carbocycles. The van der Waals surface area contributed by atoms with Gasteiger partial charge in [0.1, 0.15) is 5.75 Å². The minimum absolute atomic E-state index is 0.117. The smallest absolute Gasteiger partial charge is 0.220 e. The van der Waals surface area contributed by atoms with Gasteiger partial charge in [-0.15, -0.1) is 0 Å². The topological polar surface area (TPSA) is 52.6 Å². The number of hydrogen-bond donors (Lipinski definition) is 2. The number of fused-ring (bicyclic) bond motifs is 1. The number of benzene rings is 2. The van der Waals surface area contributed by atoms with Crippen molar-refractivity contribution in [2.75, 3.05) is 14.1 Å². The molecule has 2 N–H and O–H groups in total. The highest BCUT2D eigenvalue weighted by Gasteiger charge is 2.35. The van der Waals surface area contributed by atoms with Crippen molar-refractivity contribution < 1.29 is 9.90 Å². The van der Waals surface area contributed by atoms with E-state index in [1.165, 1.54) is 16.7 Å². The monoisotopic (exact) mass is 366 g/mol. The van der Waals surface area contributed by atoms with E-state index >= 15 is 0 Å². The molecule has 0 saturated heterocycles. The second-order valence-electron chi connectivity index (χ2n) is 8.06. The van der Waals surface area contributed by atoms with Gasteiger partial charge in [0.2, 0.25) is 5.91 Å². The Bertz CT molecular complexity index is 785. The predicted octanol–water partition coefficient (Wildman–Crippen LogP) is 3.62. The van der Waals surface area contributed by atoms with Crippen molar-refractivity contribution >= 4 is 5.91 Å². The lowest BCUT2D eigenvalue weighted by molar-refractivity contribution is -0.123. The van der Waals surface area contributed by atoms with Crippen molar-refractivity contribution in [1.82, 2.24) is 10.2 Å². The summed E-state index contributed by atoms with van der Waals surface area (Å²) >= 11 is 0. The van der Waals surface area contributed by atoms with Crippen molar-refractivity contribution in [3.8, 4) is 5.75 Å². The molecule has 27 heavy (non-hydrogen) atoms. The second kappa shape index (κ2) is 8.13. The van der Waals surface area contributed by atoms with E-state index in [9.17, 15) is 9.90 Å². The summed E-state index contributed by atoms with van der Waals surface area (Å²) in [6, 6.07) is 16.0. The maximum atomic E-state index is 12.7. The molecule has 4 heteroatoms. The zero-order valence-electron chi connectivity index (χ0n) is 16.5. The van der Waals surface area contributed by atoms with Crippen LogP contribution in [0.4, 0.5) is 0 Å². The molecule has 2 aromatic rings. The van der Waals surface area contributed by atoms with E-state index in [1.807, 2.05) is 18.2 Å². The Kier molecular flexibility index (Phi) is 5.85. The lowest BCUT2D eigenvalue weighted by Crippen LogP contribution is -2.42. The fraction of sp³-hybridized carbons (Fsp3) is 0.435. The Morgan fingerprint density at radius 3 is 2.59 bits per heavy atom. The Balaban J connectivity index is 1.57. The first kappa shape index (κ1) is 19.4. The van der Waals surface area contributed by atoms with E-state index in [2.05, 4.69) is 49.4 Å². The number of carbonyl (C=O) groups is 1. The molecule has 1 unspecified atom stereocenters. The van der Waals surface area contributed by atoms with Gasteiger partial charge in [0.15, 0.2) is 0 Å². The first-order valence-electron chi connectivity index (χ1n) is 9.71. The van der Waals surface area contributed by atoms with Crippen LogP contribution < -0.4 is 5.32 Å². The van der Waals surface area contributed by atoms with Crippen LogP contribution in [0.2, 0.25) is 0 Å². The number of rotatable bonds is 7. The highest BCUT2D eigenvalue weighted by molar-refractivity contribution is 5.77. The Labute approximate surface area is 162 Å². The number of aryl methyl sites for hydroxylation is 1. The first-order valence-corrected chi connectivity index (χ1v) is 9.71. The van der Waals surface area contributed by atoms with Crippen LogP contribution in [0.25, 0.3) is 0 Å². The minimum Gasteiger partial charge on any atom is -0.508 e. The molecule has 1 aliphatic carbocycles. The van der Waals surface area contributed by atoms with Crippen LogP contribution in [0, 0.1) is 0 Å². The summed E-state index contributed by atoms with van der Waals surface area (Å²) in [5.74, 6) is 0.399. The van der Waals surface area contributed by atoms with Gasteiger partial charge in [-0.2, -0.15) is 0 Å². The average Bonchev–Trinajstić information content (AvgIpc) is 2.97. The van der Waals surface area contributed by atoms with Gasteiger partial charge in [-0.05, 0) is 75.5 Å². The highest BCUT2D eigenvalue weighted by Crippen LogP contribution is 2.36. The molecule has 0 aliphatic heterocycles. The van der Waals surface area contributed by atoms with Crippen molar-refractivity contribution in [3.05, 3.63) is 65.2 Å². The van der Waals surface area contributed by atoms with E-state index in [0.717, 1.165) is 25.7 Å². The summed E-state index contributed by atoms with van der Waals surface area (Å²) in [5.41, 5.74) is 3.52. The third-order valence-electron chi connectivity index (χ3n) is 5.76. The summed E-state index contributed by atoms with van der Waals surface area (Å²) in [7, 11) is 4.11. The molecular formula is C23H30N2O2. The van der Waals surface area contributed by atoms with Crippen molar-refractivity contribution in [1.29, 1.82) is 0 Å². The van der Waals surface area contributed by atoms with Crippen LogP contribution in [0.5, 0.6) is 5.75 Å². The van der Waals surface area contributed by atoms with E-state index in [4.69, 9.17) is 0 Å². The van der Waals surface area contributed by atoms with Crippen LogP contribution in [-0.4, -0.2) is 36.1 Å². The molecule has 0 spiro atoms. The zero-order chi connectivity index (χ0) is 19.4. The number of carbonyl (C=O) groups excluding carboxylic acids is 1. The largest absolute Gasteiger partial charge is 0.508 e. The van der Waals surface area contributed by atoms with Crippen LogP contribution >= 0.6 is 0 Å². The molecule has 2 aromatic carbocycles. The molecular weight excluding hydrogens is 336 g/mol. The number of hydrogen-bond acceptors (Lipinski definition) is 3. The van der Waals surface area contributed by atoms with Crippen LogP contribution in [0.3, 0.4) is 0 Å². The quantitative estimate of drug-likeness (QED) is 0.787. The van der Waals surface area contributed by atoms with E-state index in [0.29, 0.717) is 6.42 Å². The van der Waals surface area contributed by atoms with Crippen LogP contribution in [0.15, 0.2) is 48.5 Å². The van der Waals surface area contributed by atoms with Crippen LogP contribution in [-0.2, 0) is 23.2 Å². The molecule has 0 aromatic heterocycles. The van der Waals surface area contributed by atoms with Gasteiger partial charge in [-0.3, -0.25) is 4.79 Å². The normalized spacial score (nSPS) is 19.7. The molecule has 0 radical (unpaired) electrons. The highest BCUT2D eigenvalue weighted by atomic mass is 16.3. The van der Waals surface area contributed by atoms with Crippen molar-refractivity contribution in [3.63, 3.8) is 0 Å². The predicted molar refractivity (Wildman–Crippen MR) is 109 cm³/mol. The maximum Gasteiger partial charge on any atom is 0.220 e. The lowest BCUT2D eigenvalue weighted by atomic mass is 9.93. The number of phenolic OH excluding ortho intramolecular Hbond substituents is 1. The fourth-order valence-corrected chi connectivity index (χ4v) is 4.04. The maximum absolute atomic E-state index is 12.7. The number of phenols is 1. The van der Waals surface area contributed by atoms with E-state index < -0.39 is 0 Å². The van der Waals surface area contributed by atoms with Crippen LogP contribution in [0.1, 0.15) is 42.9 Å². The molecule has 1 amide bonds. The summed E-state index contributed by atoms with van der Waals surface area (Å²) in [5, 5.41) is 12.7. The van der Waals surface area contributed by atoms with E-state index in [-0.39, 0.29) is 23.2 Å². The number of amides is 1. The third kappa shape index (κ3) is 4.69. The van der Waals surface area contributed by atoms with Gasteiger partial charge >= 0.3 is 0 Å². The van der Waals surface area contributed by atoms with Gasteiger partial charge in [0, 0.05) is 12.5 Å². The summed E-state index contributed by atoms with van der Waals surface area (Å²) in [4.78, 5) is 14.8. The van der Waals surface area contributed by atoms with Gasteiger partial charge in [0.25, 0.3) is 0 Å². The molecule has 0 fully saturated rings. The number of likely N-dealkylation sites (N-methyl/N-ethyl adjacent to an activating group) is 1. The number of nitrogens with zero attached hydrogens (tertiary/aromatic N) is 1. The number of aromatic hydroxyl groups is 1. The second-order valence-corrected chi connectivity index (χ2v) is 8.06. The van der Waals surface area contributed by atoms with E-state index in [1.54, 1.807) is 12.1 Å². The Morgan fingerprint density at radius 1 is 1.19 bits per heavy atom. The summed E-state index contributed by atoms with van der Waals surface area (Å²) in [6.45, 7) is 2.14. The average molecular weight is 367 g/mol. The molecule has 3 rings (SSSR count). The van der Waals surface area contributed by atoms with Crippen molar-refractivity contribution in [2.45, 2.75) is 50.6 Å². The summed E-state index contributed by atoms with van der Waals surface area (Å²) in [6.07, 6.45) is 4.16. The SMILES string of the molecule is CN(C)[C@H](CCC(=O)NC1(C)CCc2ccccc21)Cc1ccc(O)cc1. The van der Waals surface area contributed by atoms with Gasteiger partial charge in [-0.1, -0.05) is 36.4 Å². The minimum atomic E-state index is -0.252.